The van der Waals surface area contributed by atoms with E-state index < -0.39 is 11.6 Å². The topological polar surface area (TPSA) is 53.5 Å². The highest BCUT2D eigenvalue weighted by Gasteiger charge is 2.24. The zero-order valence-corrected chi connectivity index (χ0v) is 37.9. The second-order valence-corrected chi connectivity index (χ2v) is 17.8. The monoisotopic (exact) mass is 916 g/mol. The number of fused-ring (bicyclic) bond motifs is 9. The van der Waals surface area contributed by atoms with Crippen molar-refractivity contribution in [2.24, 2.45) is 0 Å². The highest BCUT2D eigenvalue weighted by Crippen LogP contribution is 2.42. The van der Waals surface area contributed by atoms with Gasteiger partial charge in [0.1, 0.15) is 0 Å². The third kappa shape index (κ3) is 6.42. The molecule has 0 atom stereocenters. The average Bonchev–Trinajstić information content (AvgIpc) is 4.07. The Morgan fingerprint density at radius 2 is 0.704 bits per heavy atom. The molecule has 0 aliphatic rings. The molecule has 0 unspecified atom stereocenters. The molecular weight excluding hydrogens is 879 g/mol. The van der Waals surface area contributed by atoms with E-state index in [1.807, 2.05) is 78.9 Å². The Balaban J connectivity index is 1.09. The molecule has 0 saturated carbocycles. The van der Waals surface area contributed by atoms with E-state index in [0.29, 0.717) is 28.6 Å². The molecule has 4 heterocycles. The molecule has 0 amide bonds. The highest BCUT2D eigenvalue weighted by molar-refractivity contribution is 6.14. The van der Waals surface area contributed by atoms with Crippen molar-refractivity contribution in [3.05, 3.63) is 242 Å². The first kappa shape index (κ1) is 40.5. The van der Waals surface area contributed by atoms with E-state index in [1.165, 1.54) is 27.6 Å². The maximum Gasteiger partial charge on any atom is 0.166 e. The van der Waals surface area contributed by atoms with Crippen LogP contribution in [0.3, 0.4) is 0 Å². The van der Waals surface area contributed by atoms with Crippen molar-refractivity contribution in [1.29, 1.82) is 0 Å². The highest BCUT2D eigenvalue weighted by atomic mass is 19.2. The minimum absolute atomic E-state index is 0.132. The van der Waals surface area contributed by atoms with E-state index in [0.717, 1.165) is 78.1 Å². The molecule has 14 aromatic rings. The van der Waals surface area contributed by atoms with Gasteiger partial charge in [-0.05, 0) is 84.4 Å². The lowest BCUT2D eigenvalue weighted by Crippen LogP contribution is -2.04. The molecule has 0 radical (unpaired) electrons. The van der Waals surface area contributed by atoms with Crippen molar-refractivity contribution in [2.45, 2.75) is 0 Å². The normalized spacial score (nSPS) is 11.8. The summed E-state index contributed by atoms with van der Waals surface area (Å²) in [6.45, 7) is 0. The Bertz CT molecular complexity index is 4100. The molecule has 8 heteroatoms. The lowest BCUT2D eigenvalue weighted by molar-refractivity contribution is 0.511. The summed E-state index contributed by atoms with van der Waals surface area (Å²) < 4.78 is 37.8. The zero-order chi connectivity index (χ0) is 47.2. The summed E-state index contributed by atoms with van der Waals surface area (Å²) in [6.07, 6.45) is 0. The molecule has 0 spiro atoms. The zero-order valence-electron chi connectivity index (χ0n) is 37.9. The van der Waals surface area contributed by atoms with Gasteiger partial charge in [0.2, 0.25) is 0 Å². The maximum atomic E-state index is 15.9. The van der Waals surface area contributed by atoms with Gasteiger partial charge in [0.25, 0.3) is 0 Å². The van der Waals surface area contributed by atoms with Crippen LogP contribution in [0, 0.1) is 11.6 Å². The Morgan fingerprint density at radius 3 is 1.18 bits per heavy atom. The smallest absolute Gasteiger partial charge is 0.166 e. The minimum atomic E-state index is -0.927. The van der Waals surface area contributed by atoms with Crippen LogP contribution < -0.4 is 0 Å². The van der Waals surface area contributed by atoms with Crippen molar-refractivity contribution in [3.8, 4) is 62.4 Å². The third-order valence-corrected chi connectivity index (χ3v) is 13.8. The first-order valence-corrected chi connectivity index (χ1v) is 23.6. The molecule has 10 aromatic carbocycles. The van der Waals surface area contributed by atoms with Gasteiger partial charge < -0.3 is 13.7 Å². The van der Waals surface area contributed by atoms with Crippen LogP contribution in [0.5, 0.6) is 0 Å². The summed E-state index contributed by atoms with van der Waals surface area (Å²) >= 11 is 0. The molecule has 334 valence electrons. The van der Waals surface area contributed by atoms with Gasteiger partial charge in [-0.3, -0.25) is 0 Å². The minimum Gasteiger partial charge on any atom is -0.309 e. The van der Waals surface area contributed by atoms with Crippen molar-refractivity contribution in [3.63, 3.8) is 0 Å². The van der Waals surface area contributed by atoms with E-state index in [4.69, 9.17) is 15.0 Å². The fourth-order valence-electron chi connectivity index (χ4n) is 10.7. The van der Waals surface area contributed by atoms with Crippen LogP contribution in [-0.4, -0.2) is 28.7 Å². The summed E-state index contributed by atoms with van der Waals surface area (Å²) in [5.74, 6) is -0.506. The van der Waals surface area contributed by atoms with Gasteiger partial charge in [0.05, 0.1) is 38.8 Å². The molecular formula is C63H38F2N6. The van der Waals surface area contributed by atoms with Crippen LogP contribution in [0.1, 0.15) is 0 Å². The molecule has 14 rings (SSSR count). The lowest BCUT2D eigenvalue weighted by Gasteiger charge is -2.17. The number of aromatic nitrogens is 6. The summed E-state index contributed by atoms with van der Waals surface area (Å²) in [7, 11) is 0. The predicted octanol–water partition coefficient (Wildman–Crippen LogP) is 16.1. The number of hydrogen-bond acceptors (Lipinski definition) is 3. The van der Waals surface area contributed by atoms with Crippen molar-refractivity contribution < 1.29 is 8.78 Å². The van der Waals surface area contributed by atoms with E-state index in [-0.39, 0.29) is 5.56 Å². The maximum absolute atomic E-state index is 15.9. The predicted molar refractivity (Wildman–Crippen MR) is 285 cm³/mol. The largest absolute Gasteiger partial charge is 0.309 e. The SMILES string of the molecule is Fc1cccc(-c2ccc(-n3c4ccc(-n5c6ccccc6c6ccccc65)cc4c4cc(-n5c6ccccc6c6ccccc65)ccc43)c(-c3nc(-c4ccccc4)nc(-c4ccccc4)n3)c2)c1F. The molecule has 0 bridgehead atoms. The molecule has 4 aromatic heterocycles. The number of halogens is 2. The Labute approximate surface area is 405 Å². The summed E-state index contributed by atoms with van der Waals surface area (Å²) in [4.78, 5) is 15.4. The molecule has 0 fully saturated rings. The Morgan fingerprint density at radius 1 is 0.282 bits per heavy atom. The third-order valence-electron chi connectivity index (χ3n) is 13.8. The van der Waals surface area contributed by atoms with E-state index in [1.54, 1.807) is 6.07 Å². The van der Waals surface area contributed by atoms with Gasteiger partial charge in [0.15, 0.2) is 29.1 Å². The number of benzene rings is 10. The van der Waals surface area contributed by atoms with E-state index in [2.05, 4.69) is 147 Å². The van der Waals surface area contributed by atoms with Gasteiger partial charge in [0, 0.05) is 65.9 Å². The number of rotatable bonds is 7. The van der Waals surface area contributed by atoms with Gasteiger partial charge in [-0.2, -0.15) is 0 Å². The summed E-state index contributed by atoms with van der Waals surface area (Å²) in [5, 5.41) is 6.78. The van der Waals surface area contributed by atoms with Crippen molar-refractivity contribution >= 4 is 65.4 Å². The summed E-state index contributed by atoms with van der Waals surface area (Å²) in [5.41, 5.74) is 12.0. The Hall–Kier alpha value is -9.53. The van der Waals surface area contributed by atoms with Gasteiger partial charge in [-0.15, -0.1) is 0 Å². The number of nitrogens with zero attached hydrogens (tertiary/aromatic N) is 6. The molecule has 6 nitrogen and oxygen atoms in total. The number of hydrogen-bond donors (Lipinski definition) is 0. The number of para-hydroxylation sites is 4. The van der Waals surface area contributed by atoms with Crippen LogP contribution in [0.2, 0.25) is 0 Å². The second kappa shape index (κ2) is 16.0. The van der Waals surface area contributed by atoms with Gasteiger partial charge in [-0.1, -0.05) is 152 Å². The fraction of sp³-hybridized carbons (Fsp3) is 0. The fourth-order valence-corrected chi connectivity index (χ4v) is 10.7. The molecule has 0 saturated heterocycles. The second-order valence-electron chi connectivity index (χ2n) is 17.8. The average molecular weight is 917 g/mol. The van der Waals surface area contributed by atoms with Gasteiger partial charge in [-0.25, -0.2) is 23.7 Å². The van der Waals surface area contributed by atoms with Crippen molar-refractivity contribution in [1.82, 2.24) is 28.7 Å². The van der Waals surface area contributed by atoms with Crippen LogP contribution in [-0.2, 0) is 0 Å². The van der Waals surface area contributed by atoms with Crippen LogP contribution in [0.15, 0.2) is 231 Å². The summed E-state index contributed by atoms with van der Waals surface area (Å²) in [6, 6.07) is 77.2. The lowest BCUT2D eigenvalue weighted by atomic mass is 10.00. The first-order valence-electron chi connectivity index (χ1n) is 23.6. The quantitative estimate of drug-likeness (QED) is 0.160. The molecule has 0 aliphatic heterocycles. The molecule has 0 N–H and O–H groups in total. The molecule has 71 heavy (non-hydrogen) atoms. The molecule has 0 aliphatic carbocycles. The Kier molecular flexibility index (Phi) is 9.16. The van der Waals surface area contributed by atoms with Crippen LogP contribution >= 0.6 is 0 Å². The van der Waals surface area contributed by atoms with Crippen LogP contribution in [0.25, 0.3) is 128 Å². The first-order chi connectivity index (χ1) is 35.1. The van der Waals surface area contributed by atoms with E-state index in [9.17, 15) is 0 Å². The van der Waals surface area contributed by atoms with Gasteiger partial charge >= 0.3 is 0 Å². The van der Waals surface area contributed by atoms with Crippen molar-refractivity contribution in [2.75, 3.05) is 0 Å². The standard InChI is InChI=1S/C63H38F2N6/c64-52-25-15-24-44(60(52)65)41-30-33-59(51(36-41)63-67-61(39-16-3-1-4-17-39)66-62(68-63)40-18-5-2-6-19-40)71-57-34-31-42(69-53-26-11-7-20-45(53)46-21-8-12-27-54(46)69)37-49(57)50-38-43(32-35-58(50)71)70-55-28-13-9-22-47(55)48-23-10-14-29-56(48)70/h1-38H. The van der Waals surface area contributed by atoms with E-state index >= 15 is 8.78 Å². The van der Waals surface area contributed by atoms with Crippen LogP contribution in [0.4, 0.5) is 8.78 Å².